The first kappa shape index (κ1) is 22.5. The van der Waals surface area contributed by atoms with E-state index in [2.05, 4.69) is 10.4 Å². The van der Waals surface area contributed by atoms with Crippen LogP contribution in [0.25, 0.3) is 5.69 Å². The predicted molar refractivity (Wildman–Crippen MR) is 121 cm³/mol. The summed E-state index contributed by atoms with van der Waals surface area (Å²) in [6.07, 6.45) is 0.694. The third kappa shape index (κ3) is 5.11. The van der Waals surface area contributed by atoms with E-state index < -0.39 is 17.2 Å². The monoisotopic (exact) mass is 440 g/mol. The summed E-state index contributed by atoms with van der Waals surface area (Å²) in [6, 6.07) is 12.3. The van der Waals surface area contributed by atoms with Crippen molar-refractivity contribution in [3.63, 3.8) is 0 Å². The Hall–Kier alpha value is -3.19. The number of nitrogens with one attached hydrogen (secondary N) is 1. The van der Waals surface area contributed by atoms with Gasteiger partial charge in [-0.2, -0.15) is 9.78 Å². The first-order valence-electron chi connectivity index (χ1n) is 10.1. The van der Waals surface area contributed by atoms with Crippen molar-refractivity contribution in [3.8, 4) is 5.69 Å². The lowest BCUT2D eigenvalue weighted by Crippen LogP contribution is -2.47. The number of halogens is 1. The summed E-state index contributed by atoms with van der Waals surface area (Å²) < 4.78 is 2.12. The lowest BCUT2D eigenvalue weighted by atomic mass is 10.1. The molecule has 0 saturated carbocycles. The van der Waals surface area contributed by atoms with Gasteiger partial charge in [-0.05, 0) is 68.1 Å². The number of aryl methyl sites for hydroxylation is 2. The van der Waals surface area contributed by atoms with Crippen molar-refractivity contribution in [1.29, 1.82) is 0 Å². The quantitative estimate of drug-likeness (QED) is 0.637. The molecule has 0 aliphatic rings. The Labute approximate surface area is 185 Å². The number of carbonyl (C=O) groups excluding carboxylic acids is 1. The summed E-state index contributed by atoms with van der Waals surface area (Å²) in [5.41, 5.74) is 1.31. The normalized spacial score (nSPS) is 11.9. The minimum absolute atomic E-state index is 0.0326. The SMILES string of the molecule is CC[C@@H](C)NC(=O)c1nn(-c2cc(C)cc(C)c2)c(=O)n(Cc2cccc(Cl)c2)c1=O. The van der Waals surface area contributed by atoms with Crippen LogP contribution < -0.4 is 16.6 Å². The van der Waals surface area contributed by atoms with Gasteiger partial charge in [0.15, 0.2) is 0 Å². The van der Waals surface area contributed by atoms with Gasteiger partial charge in [0.25, 0.3) is 11.5 Å². The molecule has 1 aromatic heterocycles. The highest BCUT2D eigenvalue weighted by molar-refractivity contribution is 6.30. The molecule has 0 aliphatic heterocycles. The standard InChI is InChI=1S/C23H25ClN4O3/c1-5-16(4)25-21(29)20-22(30)27(13-17-7-6-8-18(24)12-17)23(31)28(26-20)19-10-14(2)9-15(3)11-19/h6-12,16H,5,13H2,1-4H3,(H,25,29)/t16-/m1/s1. The largest absolute Gasteiger partial charge is 0.352 e. The maximum Gasteiger partial charge on any atom is 0.352 e. The number of rotatable bonds is 6. The minimum Gasteiger partial charge on any atom is -0.348 e. The Morgan fingerprint density at radius 3 is 2.42 bits per heavy atom. The smallest absolute Gasteiger partial charge is 0.348 e. The molecule has 1 N–H and O–H groups in total. The van der Waals surface area contributed by atoms with E-state index in [-0.39, 0.29) is 18.3 Å². The van der Waals surface area contributed by atoms with Gasteiger partial charge in [0.05, 0.1) is 12.2 Å². The average Bonchev–Trinajstić information content (AvgIpc) is 2.70. The molecule has 1 heterocycles. The van der Waals surface area contributed by atoms with Crippen LogP contribution in [-0.4, -0.2) is 26.3 Å². The fourth-order valence-electron chi connectivity index (χ4n) is 3.25. The number of carbonyl (C=O) groups is 1. The van der Waals surface area contributed by atoms with Gasteiger partial charge in [-0.15, -0.1) is 0 Å². The molecule has 0 bridgehead atoms. The first-order valence-corrected chi connectivity index (χ1v) is 10.5. The van der Waals surface area contributed by atoms with E-state index in [0.717, 1.165) is 20.4 Å². The predicted octanol–water partition coefficient (Wildman–Crippen LogP) is 3.24. The topological polar surface area (TPSA) is 86.0 Å². The third-order valence-corrected chi connectivity index (χ3v) is 5.18. The van der Waals surface area contributed by atoms with E-state index in [1.54, 1.807) is 36.4 Å². The summed E-state index contributed by atoms with van der Waals surface area (Å²) in [7, 11) is 0. The molecule has 31 heavy (non-hydrogen) atoms. The Balaban J connectivity index is 2.23. The molecular weight excluding hydrogens is 416 g/mol. The van der Waals surface area contributed by atoms with Crippen LogP contribution in [0, 0.1) is 13.8 Å². The molecule has 0 spiro atoms. The van der Waals surface area contributed by atoms with Gasteiger partial charge in [-0.3, -0.25) is 14.2 Å². The second-order valence-electron chi connectivity index (χ2n) is 7.69. The molecular formula is C23H25ClN4O3. The van der Waals surface area contributed by atoms with E-state index >= 15 is 0 Å². The number of hydrogen-bond acceptors (Lipinski definition) is 4. The van der Waals surface area contributed by atoms with Gasteiger partial charge in [-0.1, -0.05) is 36.7 Å². The Morgan fingerprint density at radius 2 is 1.81 bits per heavy atom. The summed E-state index contributed by atoms with van der Waals surface area (Å²) in [5.74, 6) is -0.614. The fraction of sp³-hybridized carbons (Fsp3) is 0.304. The van der Waals surface area contributed by atoms with Gasteiger partial charge in [0.2, 0.25) is 5.69 Å². The van der Waals surface area contributed by atoms with Crippen LogP contribution in [0.5, 0.6) is 0 Å². The molecule has 0 radical (unpaired) electrons. The van der Waals surface area contributed by atoms with E-state index in [9.17, 15) is 14.4 Å². The Morgan fingerprint density at radius 1 is 1.13 bits per heavy atom. The van der Waals surface area contributed by atoms with Gasteiger partial charge in [-0.25, -0.2) is 4.79 Å². The molecule has 1 amide bonds. The molecule has 0 saturated heterocycles. The zero-order valence-corrected chi connectivity index (χ0v) is 18.7. The van der Waals surface area contributed by atoms with E-state index in [1.807, 2.05) is 33.8 Å². The third-order valence-electron chi connectivity index (χ3n) is 4.95. The second kappa shape index (κ2) is 9.31. The number of benzene rings is 2. The number of nitrogens with zero attached hydrogens (tertiary/aromatic N) is 3. The summed E-state index contributed by atoms with van der Waals surface area (Å²) in [5, 5.41) is 7.41. The van der Waals surface area contributed by atoms with Gasteiger partial charge in [0, 0.05) is 11.1 Å². The van der Waals surface area contributed by atoms with Crippen LogP contribution in [-0.2, 0) is 6.54 Å². The lowest BCUT2D eigenvalue weighted by Gasteiger charge is -2.15. The second-order valence-corrected chi connectivity index (χ2v) is 8.13. The van der Waals surface area contributed by atoms with Crippen LogP contribution in [0.15, 0.2) is 52.1 Å². The Bertz CT molecular complexity index is 1230. The summed E-state index contributed by atoms with van der Waals surface area (Å²) in [6.45, 7) is 7.53. The van der Waals surface area contributed by atoms with Crippen LogP contribution in [0.1, 0.15) is 47.4 Å². The molecule has 0 aliphatic carbocycles. The number of amides is 1. The first-order chi connectivity index (χ1) is 14.7. The molecule has 2 aromatic carbocycles. The van der Waals surface area contributed by atoms with Crippen LogP contribution in [0.2, 0.25) is 5.02 Å². The molecule has 8 heteroatoms. The number of hydrogen-bond donors (Lipinski definition) is 1. The van der Waals surface area contributed by atoms with E-state index in [4.69, 9.17) is 11.6 Å². The molecule has 1 atom stereocenters. The van der Waals surface area contributed by atoms with Gasteiger partial charge in [0.1, 0.15) is 0 Å². The van der Waals surface area contributed by atoms with Crippen molar-refractivity contribution in [2.24, 2.45) is 0 Å². The maximum atomic E-state index is 13.3. The molecule has 3 aromatic rings. The summed E-state index contributed by atoms with van der Waals surface area (Å²) in [4.78, 5) is 39.2. The highest BCUT2D eigenvalue weighted by Crippen LogP contribution is 2.13. The molecule has 7 nitrogen and oxygen atoms in total. The van der Waals surface area contributed by atoms with Crippen molar-refractivity contribution in [2.45, 2.75) is 46.7 Å². The highest BCUT2D eigenvalue weighted by atomic mass is 35.5. The van der Waals surface area contributed by atoms with Crippen molar-refractivity contribution in [1.82, 2.24) is 19.7 Å². The minimum atomic E-state index is -0.744. The van der Waals surface area contributed by atoms with E-state index in [0.29, 0.717) is 22.7 Å². The summed E-state index contributed by atoms with van der Waals surface area (Å²) >= 11 is 6.06. The van der Waals surface area contributed by atoms with E-state index in [1.165, 1.54) is 0 Å². The van der Waals surface area contributed by atoms with Crippen molar-refractivity contribution in [2.75, 3.05) is 0 Å². The number of aromatic nitrogens is 3. The average molecular weight is 441 g/mol. The van der Waals surface area contributed by atoms with Gasteiger partial charge < -0.3 is 5.32 Å². The maximum absolute atomic E-state index is 13.3. The lowest BCUT2D eigenvalue weighted by molar-refractivity contribution is 0.0929. The van der Waals surface area contributed by atoms with Crippen molar-refractivity contribution in [3.05, 3.63) is 90.7 Å². The van der Waals surface area contributed by atoms with Crippen molar-refractivity contribution >= 4 is 17.5 Å². The Kier molecular flexibility index (Phi) is 6.75. The van der Waals surface area contributed by atoms with Crippen LogP contribution >= 0.6 is 11.6 Å². The fourth-order valence-corrected chi connectivity index (χ4v) is 3.46. The molecule has 0 fully saturated rings. The van der Waals surface area contributed by atoms with Crippen molar-refractivity contribution < 1.29 is 4.79 Å². The molecule has 3 rings (SSSR count). The van der Waals surface area contributed by atoms with Gasteiger partial charge >= 0.3 is 5.69 Å². The van der Waals surface area contributed by atoms with Crippen LogP contribution in [0.3, 0.4) is 0 Å². The molecule has 162 valence electrons. The highest BCUT2D eigenvalue weighted by Gasteiger charge is 2.21. The van der Waals surface area contributed by atoms with Crippen LogP contribution in [0.4, 0.5) is 0 Å². The molecule has 0 unspecified atom stereocenters. The zero-order chi connectivity index (χ0) is 22.7. The zero-order valence-electron chi connectivity index (χ0n) is 18.0.